The molecule has 1 N–H and O–H groups in total. The van der Waals surface area contributed by atoms with E-state index >= 15 is 0 Å². The van der Waals surface area contributed by atoms with Crippen molar-refractivity contribution in [1.29, 1.82) is 0 Å². The zero-order valence-electron chi connectivity index (χ0n) is 10.9. The number of aryl methyl sites for hydroxylation is 1. The minimum Gasteiger partial charge on any atom is -0.357 e. The van der Waals surface area contributed by atoms with Gasteiger partial charge in [0.05, 0.1) is 5.69 Å². The van der Waals surface area contributed by atoms with Crippen molar-refractivity contribution < 1.29 is 0 Å². The van der Waals surface area contributed by atoms with E-state index < -0.39 is 0 Å². The highest BCUT2D eigenvalue weighted by molar-refractivity contribution is 7.15. The van der Waals surface area contributed by atoms with Crippen LogP contribution in [0.2, 0.25) is 0 Å². The van der Waals surface area contributed by atoms with E-state index in [1.807, 2.05) is 11.3 Å². The molecule has 0 amide bonds. The number of nitrogens with one attached hydrogen (secondary N) is 1. The van der Waals surface area contributed by atoms with E-state index in [1.54, 1.807) is 0 Å². The third-order valence-electron chi connectivity index (χ3n) is 3.32. The molecule has 2 atom stereocenters. The Morgan fingerprint density at radius 3 is 2.62 bits per heavy atom. The van der Waals surface area contributed by atoms with Crippen LogP contribution < -0.4 is 5.32 Å². The number of hydrogen-bond donors (Lipinski definition) is 1. The first-order valence-electron chi connectivity index (χ1n) is 6.14. The first-order valence-corrected chi connectivity index (χ1v) is 6.96. The van der Waals surface area contributed by atoms with Gasteiger partial charge in [-0.3, -0.25) is 0 Å². The lowest BCUT2D eigenvalue weighted by atomic mass is 9.83. The third-order valence-corrected chi connectivity index (χ3v) is 4.37. The molecule has 1 aliphatic carbocycles. The Morgan fingerprint density at radius 1 is 1.31 bits per heavy atom. The molecule has 1 aromatic heterocycles. The summed E-state index contributed by atoms with van der Waals surface area (Å²) in [5, 5.41) is 4.58. The van der Waals surface area contributed by atoms with Crippen LogP contribution in [-0.4, -0.2) is 10.5 Å². The highest BCUT2D eigenvalue weighted by Gasteiger charge is 2.27. The standard InChI is InChI=1S/C13H22N2S/c1-8-6-7-10-11(9(8)2)14-12(16-10)15-13(3,4)5/h8-9H,6-7H2,1-5H3,(H,14,15). The van der Waals surface area contributed by atoms with Crippen molar-refractivity contribution in [3.8, 4) is 0 Å². The monoisotopic (exact) mass is 238 g/mol. The molecule has 0 spiro atoms. The zero-order valence-corrected chi connectivity index (χ0v) is 11.7. The molecule has 2 nitrogen and oxygen atoms in total. The van der Waals surface area contributed by atoms with Crippen molar-refractivity contribution in [1.82, 2.24) is 4.98 Å². The molecule has 0 saturated carbocycles. The first-order chi connectivity index (χ1) is 7.37. The van der Waals surface area contributed by atoms with Crippen LogP contribution in [-0.2, 0) is 6.42 Å². The van der Waals surface area contributed by atoms with Gasteiger partial charge in [0.25, 0.3) is 0 Å². The fraction of sp³-hybridized carbons (Fsp3) is 0.769. The highest BCUT2D eigenvalue weighted by Crippen LogP contribution is 2.39. The number of nitrogens with zero attached hydrogens (tertiary/aromatic N) is 1. The largest absolute Gasteiger partial charge is 0.357 e. The summed E-state index contributed by atoms with van der Waals surface area (Å²) in [6.07, 6.45) is 2.52. The van der Waals surface area contributed by atoms with Crippen LogP contribution in [0.5, 0.6) is 0 Å². The van der Waals surface area contributed by atoms with Gasteiger partial charge < -0.3 is 5.32 Å². The van der Waals surface area contributed by atoms with Crippen molar-refractivity contribution >= 4 is 16.5 Å². The maximum Gasteiger partial charge on any atom is 0.183 e. The Labute approximate surface area is 102 Å². The Morgan fingerprint density at radius 2 is 2.00 bits per heavy atom. The predicted molar refractivity (Wildman–Crippen MR) is 71.4 cm³/mol. The van der Waals surface area contributed by atoms with Crippen LogP contribution in [0.15, 0.2) is 0 Å². The second-order valence-electron chi connectivity index (χ2n) is 6.01. The maximum atomic E-state index is 4.77. The molecule has 0 aromatic carbocycles. The number of hydrogen-bond acceptors (Lipinski definition) is 3. The normalized spacial score (nSPS) is 25.3. The van der Waals surface area contributed by atoms with Crippen molar-refractivity contribution in [2.75, 3.05) is 5.32 Å². The van der Waals surface area contributed by atoms with Gasteiger partial charge in [-0.1, -0.05) is 13.8 Å². The van der Waals surface area contributed by atoms with Gasteiger partial charge in [0.2, 0.25) is 0 Å². The molecule has 3 heteroatoms. The van der Waals surface area contributed by atoms with Crippen molar-refractivity contribution in [3.63, 3.8) is 0 Å². The maximum absolute atomic E-state index is 4.77. The highest BCUT2D eigenvalue weighted by atomic mass is 32.1. The van der Waals surface area contributed by atoms with Crippen molar-refractivity contribution in [3.05, 3.63) is 10.6 Å². The smallest absolute Gasteiger partial charge is 0.183 e. The average Bonchev–Trinajstić information content (AvgIpc) is 2.52. The van der Waals surface area contributed by atoms with E-state index in [1.165, 1.54) is 23.4 Å². The molecule has 0 bridgehead atoms. The summed E-state index contributed by atoms with van der Waals surface area (Å²) >= 11 is 1.85. The zero-order chi connectivity index (χ0) is 11.9. The van der Waals surface area contributed by atoms with Gasteiger partial charge >= 0.3 is 0 Å². The number of rotatable bonds is 1. The minimum atomic E-state index is 0.106. The molecule has 2 unspecified atom stereocenters. The van der Waals surface area contributed by atoms with Crippen LogP contribution in [0, 0.1) is 5.92 Å². The van der Waals surface area contributed by atoms with Gasteiger partial charge in [0.15, 0.2) is 5.13 Å². The van der Waals surface area contributed by atoms with E-state index in [4.69, 9.17) is 4.98 Å². The van der Waals surface area contributed by atoms with Gasteiger partial charge in [-0.05, 0) is 39.5 Å². The van der Waals surface area contributed by atoms with Gasteiger partial charge in [-0.2, -0.15) is 0 Å². The van der Waals surface area contributed by atoms with E-state index in [2.05, 4.69) is 39.9 Å². The molecule has 1 heterocycles. The topological polar surface area (TPSA) is 24.9 Å². The molecule has 0 fully saturated rings. The third kappa shape index (κ3) is 2.40. The van der Waals surface area contributed by atoms with Gasteiger partial charge in [0.1, 0.15) is 0 Å². The summed E-state index contributed by atoms with van der Waals surface area (Å²) in [7, 11) is 0. The Balaban J connectivity index is 2.24. The van der Waals surface area contributed by atoms with Crippen molar-refractivity contribution in [2.45, 2.75) is 58.9 Å². The summed E-state index contributed by atoms with van der Waals surface area (Å²) in [6.45, 7) is 11.2. The molecule has 90 valence electrons. The summed E-state index contributed by atoms with van der Waals surface area (Å²) in [6, 6.07) is 0. The van der Waals surface area contributed by atoms with E-state index in [-0.39, 0.29) is 5.54 Å². The summed E-state index contributed by atoms with van der Waals surface area (Å²) in [5.74, 6) is 1.40. The molecule has 1 aromatic rings. The van der Waals surface area contributed by atoms with E-state index in [0.29, 0.717) is 5.92 Å². The minimum absolute atomic E-state index is 0.106. The number of anilines is 1. The van der Waals surface area contributed by atoms with Gasteiger partial charge in [0, 0.05) is 16.3 Å². The molecular formula is C13H22N2S. The van der Waals surface area contributed by atoms with Crippen LogP contribution >= 0.6 is 11.3 Å². The van der Waals surface area contributed by atoms with Crippen LogP contribution in [0.3, 0.4) is 0 Å². The summed E-state index contributed by atoms with van der Waals surface area (Å²) < 4.78 is 0. The van der Waals surface area contributed by atoms with Crippen LogP contribution in [0.4, 0.5) is 5.13 Å². The molecule has 16 heavy (non-hydrogen) atoms. The van der Waals surface area contributed by atoms with Gasteiger partial charge in [-0.15, -0.1) is 11.3 Å². The average molecular weight is 238 g/mol. The van der Waals surface area contributed by atoms with E-state index in [0.717, 1.165) is 11.0 Å². The summed E-state index contributed by atoms with van der Waals surface area (Å²) in [5.41, 5.74) is 1.45. The second-order valence-corrected chi connectivity index (χ2v) is 7.09. The molecule has 0 aliphatic heterocycles. The number of fused-ring (bicyclic) bond motifs is 1. The number of thiazole rings is 1. The SMILES string of the molecule is CC1CCc2sc(NC(C)(C)C)nc2C1C. The fourth-order valence-corrected chi connectivity index (χ4v) is 3.44. The lowest BCUT2D eigenvalue weighted by Gasteiger charge is -2.24. The van der Waals surface area contributed by atoms with Crippen molar-refractivity contribution in [2.24, 2.45) is 5.92 Å². The first kappa shape index (κ1) is 11.9. The molecular weight excluding hydrogens is 216 g/mol. The molecule has 0 radical (unpaired) electrons. The molecule has 2 rings (SSSR count). The molecule has 1 aliphatic rings. The summed E-state index contributed by atoms with van der Waals surface area (Å²) in [4.78, 5) is 6.27. The van der Waals surface area contributed by atoms with Gasteiger partial charge in [-0.25, -0.2) is 4.98 Å². The lowest BCUT2D eigenvalue weighted by Crippen LogP contribution is -2.25. The predicted octanol–water partition coefficient (Wildman–Crippen LogP) is 4.04. The second kappa shape index (κ2) is 4.02. The lowest BCUT2D eigenvalue weighted by molar-refractivity contribution is 0.422. The number of aromatic nitrogens is 1. The Bertz CT molecular complexity index is 376. The quantitative estimate of drug-likeness (QED) is 0.798. The van der Waals surface area contributed by atoms with E-state index in [9.17, 15) is 0 Å². The van der Waals surface area contributed by atoms with Crippen LogP contribution in [0.1, 0.15) is 57.5 Å². The van der Waals surface area contributed by atoms with Crippen LogP contribution in [0.25, 0.3) is 0 Å². The fourth-order valence-electron chi connectivity index (χ4n) is 2.15. The Kier molecular flexibility index (Phi) is 2.99. The molecule has 0 saturated heterocycles. The Hall–Kier alpha value is -0.570.